The zero-order valence-corrected chi connectivity index (χ0v) is 30.6. The molecule has 2 N–H and O–H groups in total. The normalized spacial score (nSPS) is 25.2. The van der Waals surface area contributed by atoms with E-state index in [4.69, 9.17) is 14.2 Å². The van der Waals surface area contributed by atoms with Gasteiger partial charge in [0, 0.05) is 30.0 Å². The van der Waals surface area contributed by atoms with Crippen molar-refractivity contribution >= 4 is 11.9 Å². The van der Waals surface area contributed by atoms with Crippen molar-refractivity contribution in [1.29, 1.82) is 0 Å². The van der Waals surface area contributed by atoms with Gasteiger partial charge in [0.05, 0.1) is 11.0 Å². The van der Waals surface area contributed by atoms with Crippen LogP contribution in [-0.2, 0) is 30.9 Å². The van der Waals surface area contributed by atoms with Crippen LogP contribution in [0.15, 0.2) is 66.5 Å². The second-order valence-electron chi connectivity index (χ2n) is 15.1. The summed E-state index contributed by atoms with van der Waals surface area (Å²) in [6, 6.07) is 12.4. The van der Waals surface area contributed by atoms with Gasteiger partial charge in [0.2, 0.25) is 6.10 Å². The van der Waals surface area contributed by atoms with Crippen LogP contribution in [0.1, 0.15) is 132 Å². The average molecular weight is 700 g/mol. The third-order valence-electron chi connectivity index (χ3n) is 11.8. The number of allylic oxidation sites excluding steroid dienone is 2. The van der Waals surface area contributed by atoms with Crippen LogP contribution in [0, 0.1) is 0 Å². The molecule has 0 aromatic heterocycles. The highest BCUT2D eigenvalue weighted by atomic mass is 16.6. The molecule has 2 aromatic carbocycles. The first kappa shape index (κ1) is 37.1. The van der Waals surface area contributed by atoms with Crippen LogP contribution < -0.4 is 4.74 Å². The van der Waals surface area contributed by atoms with E-state index in [0.29, 0.717) is 30.6 Å². The first-order valence-corrected chi connectivity index (χ1v) is 19.6. The minimum absolute atomic E-state index is 0.00895. The van der Waals surface area contributed by atoms with Crippen molar-refractivity contribution in [2.24, 2.45) is 0 Å². The number of hydrogen-bond donors (Lipinski definition) is 2. The molecule has 1 spiro atoms. The van der Waals surface area contributed by atoms with Crippen molar-refractivity contribution in [3.63, 3.8) is 0 Å². The van der Waals surface area contributed by atoms with Crippen LogP contribution in [0.25, 0.3) is 0 Å². The topological polar surface area (TPSA) is 106 Å². The lowest BCUT2D eigenvalue weighted by Gasteiger charge is -2.61. The summed E-state index contributed by atoms with van der Waals surface area (Å²) in [6.07, 6.45) is 21.3. The molecule has 1 saturated heterocycles. The van der Waals surface area contributed by atoms with E-state index in [1.165, 1.54) is 44.9 Å². The summed E-state index contributed by atoms with van der Waals surface area (Å²) in [5, 5.41) is 23.2. The largest absolute Gasteiger partial charge is 0.504 e. The van der Waals surface area contributed by atoms with Gasteiger partial charge in [-0.25, -0.2) is 4.79 Å². The molecular formula is C43H57NO7. The fraction of sp³-hybridized carbons (Fsp3) is 0.581. The third kappa shape index (κ3) is 7.64. The molecule has 51 heavy (non-hydrogen) atoms. The Bertz CT molecular complexity index is 1570. The Labute approximate surface area is 303 Å². The molecule has 0 amide bonds. The molecule has 0 radical (unpaired) electrons. The summed E-state index contributed by atoms with van der Waals surface area (Å²) in [5.74, 6) is -0.501. The number of likely N-dealkylation sites (tertiary alicyclic amines) is 1. The van der Waals surface area contributed by atoms with Gasteiger partial charge in [-0.2, -0.15) is 0 Å². The number of rotatable bonds is 19. The fourth-order valence-electron chi connectivity index (χ4n) is 9.02. The Morgan fingerprint density at radius 2 is 1.65 bits per heavy atom. The Morgan fingerprint density at radius 1 is 0.961 bits per heavy atom. The molecule has 0 saturated carbocycles. The maximum Gasteiger partial charge on any atom is 0.357 e. The molecule has 5 atom stereocenters. The maximum atomic E-state index is 13.9. The molecule has 6 rings (SSSR count). The van der Waals surface area contributed by atoms with E-state index in [2.05, 4.69) is 24.0 Å². The minimum atomic E-state index is -1.25. The molecule has 8 heteroatoms. The molecule has 8 nitrogen and oxygen atoms in total. The van der Waals surface area contributed by atoms with Crippen LogP contribution in [0.3, 0.4) is 0 Å². The number of piperidine rings is 1. The number of aliphatic hydroxyl groups is 1. The summed E-state index contributed by atoms with van der Waals surface area (Å²) in [6.45, 7) is 2.98. The maximum absolute atomic E-state index is 13.9. The number of aromatic hydroxyl groups is 1. The number of carbonyl (C=O) groups is 2. The monoisotopic (exact) mass is 699 g/mol. The highest BCUT2D eigenvalue weighted by Gasteiger charge is 2.72. The highest BCUT2D eigenvalue weighted by Crippen LogP contribution is 2.65. The van der Waals surface area contributed by atoms with E-state index >= 15 is 0 Å². The smallest absolute Gasteiger partial charge is 0.357 e. The van der Waals surface area contributed by atoms with Crippen molar-refractivity contribution < 1.29 is 34.0 Å². The number of unbranched alkanes of at least 4 members (excludes halogenated alkanes) is 11. The lowest BCUT2D eigenvalue weighted by Crippen LogP contribution is -2.74. The number of hydrogen-bond acceptors (Lipinski definition) is 8. The minimum Gasteiger partial charge on any atom is -0.504 e. The molecule has 2 aliphatic heterocycles. The van der Waals surface area contributed by atoms with E-state index in [1.807, 2.05) is 19.2 Å². The summed E-state index contributed by atoms with van der Waals surface area (Å²) in [5.41, 5.74) is 0.345. The number of likely N-dealkylation sites (N-methyl/N-ethyl adjacent to an activating group) is 1. The number of benzene rings is 2. The average Bonchev–Trinajstić information content (AvgIpc) is 3.49. The van der Waals surface area contributed by atoms with Crippen LogP contribution in [0.4, 0.5) is 0 Å². The predicted octanol–water partition coefficient (Wildman–Crippen LogP) is 8.54. The fourth-order valence-corrected chi connectivity index (χ4v) is 9.02. The van der Waals surface area contributed by atoms with Crippen molar-refractivity contribution in [2.75, 3.05) is 13.6 Å². The summed E-state index contributed by atoms with van der Waals surface area (Å²) < 4.78 is 18.4. The van der Waals surface area contributed by atoms with Crippen molar-refractivity contribution in [3.8, 4) is 11.5 Å². The molecule has 2 heterocycles. The van der Waals surface area contributed by atoms with E-state index < -0.39 is 35.2 Å². The molecule has 2 aliphatic carbocycles. The molecule has 4 aliphatic rings. The molecule has 2 aromatic rings. The highest BCUT2D eigenvalue weighted by molar-refractivity contribution is 5.82. The van der Waals surface area contributed by atoms with Gasteiger partial charge < -0.3 is 29.3 Å². The number of nitrogens with zero attached hydrogens (tertiary/aromatic N) is 1. The quantitative estimate of drug-likeness (QED) is 0.0854. The lowest BCUT2D eigenvalue weighted by atomic mass is 9.50. The molecule has 0 unspecified atom stereocenters. The van der Waals surface area contributed by atoms with Crippen molar-refractivity contribution in [2.45, 2.75) is 145 Å². The van der Waals surface area contributed by atoms with Crippen LogP contribution in [-0.4, -0.2) is 58.4 Å². The van der Waals surface area contributed by atoms with Gasteiger partial charge in [-0.1, -0.05) is 107 Å². The number of ether oxygens (including phenoxy) is 3. The Kier molecular flexibility index (Phi) is 12.2. The number of phenols is 1. The van der Waals surface area contributed by atoms with Crippen molar-refractivity contribution in [1.82, 2.24) is 4.90 Å². The zero-order chi connectivity index (χ0) is 35.8. The number of phenolic OH excluding ortho intramolecular Hbond substituents is 1. The molecule has 2 bridgehead atoms. The van der Waals surface area contributed by atoms with Crippen molar-refractivity contribution in [3.05, 3.63) is 83.1 Å². The molecular weight excluding hydrogens is 642 g/mol. The van der Waals surface area contributed by atoms with Crippen LogP contribution in [0.5, 0.6) is 11.5 Å². The first-order valence-electron chi connectivity index (χ1n) is 19.6. The Balaban J connectivity index is 1.02. The summed E-state index contributed by atoms with van der Waals surface area (Å²) >= 11 is 0. The first-order chi connectivity index (χ1) is 24.8. The second-order valence-corrected chi connectivity index (χ2v) is 15.1. The SMILES string of the molecule is CCCCCCCC/C=C/CCCCCCCC(=O)O[C@H](C(=O)OC1=CC[C@@]2(O)[C@H]3Cc4ccc(O)c5c4[C@@]2(CCN3C)[C@H]1O5)c1ccccc1. The van der Waals surface area contributed by atoms with E-state index in [0.717, 1.165) is 49.8 Å². The van der Waals surface area contributed by atoms with Gasteiger partial charge in [0.15, 0.2) is 17.6 Å². The van der Waals surface area contributed by atoms with Gasteiger partial charge in [-0.15, -0.1) is 0 Å². The van der Waals surface area contributed by atoms with E-state index in [9.17, 15) is 19.8 Å². The molecule has 1 fully saturated rings. The Morgan fingerprint density at radius 3 is 2.37 bits per heavy atom. The lowest BCUT2D eigenvalue weighted by molar-refractivity contribution is -0.176. The number of carbonyl (C=O) groups excluding carboxylic acids is 2. The van der Waals surface area contributed by atoms with Crippen LogP contribution >= 0.6 is 0 Å². The number of esters is 2. The summed E-state index contributed by atoms with van der Waals surface area (Å²) in [4.78, 5) is 29.2. The van der Waals surface area contributed by atoms with E-state index in [1.54, 1.807) is 36.4 Å². The third-order valence-corrected chi connectivity index (χ3v) is 11.8. The van der Waals surface area contributed by atoms with Gasteiger partial charge in [-0.3, -0.25) is 4.79 Å². The van der Waals surface area contributed by atoms with Gasteiger partial charge in [0.1, 0.15) is 5.76 Å². The second kappa shape index (κ2) is 16.8. The van der Waals surface area contributed by atoms with Gasteiger partial charge in [-0.05, 0) is 76.2 Å². The standard InChI is InChI=1S/C43H57NO7/c1-3-4-5-6-7-8-9-10-11-12-13-14-15-16-20-23-36(46)50-38(31-21-18-17-19-22-31)41(47)49-34-26-27-43(48)35-30-32-24-25-33(45)39-37(32)42(43,40(34)51-39)28-29-44(35)2/h10-11,17-19,21-22,24-26,35,38,40,45,48H,3-9,12-16,20,23,27-30H2,1-2H3/b11-10+/t35-,38+,40+,42+,43-/m1/s1. The van der Waals surface area contributed by atoms with E-state index in [-0.39, 0.29) is 30.4 Å². The zero-order valence-electron chi connectivity index (χ0n) is 30.6. The summed E-state index contributed by atoms with van der Waals surface area (Å²) in [7, 11) is 2.03. The molecule has 276 valence electrons. The van der Waals surface area contributed by atoms with Gasteiger partial charge >= 0.3 is 11.9 Å². The van der Waals surface area contributed by atoms with Gasteiger partial charge in [0.25, 0.3) is 0 Å². The predicted molar refractivity (Wildman–Crippen MR) is 197 cm³/mol. The van der Waals surface area contributed by atoms with Crippen LogP contribution in [0.2, 0.25) is 0 Å². The Hall–Kier alpha value is -3.62.